The minimum Gasteiger partial charge on any atom is -0.337 e. The topological polar surface area (TPSA) is 55.8 Å². The molecular weight excluding hydrogens is 594 g/mol. The van der Waals surface area contributed by atoms with E-state index < -0.39 is 5.79 Å². The SMILES string of the molecule is CCCCC/C=C\C/C=C\CCCCCCCC(=O)C1(C(=O)CCCCCCC/C=C\C/C=C\CCCCC)OCC(CN(C)C)CO1. The van der Waals surface area contributed by atoms with Gasteiger partial charge in [0.15, 0.2) is 11.6 Å². The van der Waals surface area contributed by atoms with Crippen molar-refractivity contribution in [2.75, 3.05) is 33.9 Å². The number of allylic oxidation sites excluding steroid dienone is 8. The fourth-order valence-corrected chi connectivity index (χ4v) is 6.18. The fraction of sp³-hybridized carbons (Fsp3) is 0.767. The van der Waals surface area contributed by atoms with Gasteiger partial charge in [0, 0.05) is 25.3 Å². The highest BCUT2D eigenvalue weighted by Crippen LogP contribution is 2.29. The van der Waals surface area contributed by atoms with Gasteiger partial charge >= 0.3 is 0 Å². The number of Topliss-reactive ketones (excluding diaryl/α,β-unsaturated/α-hetero) is 2. The van der Waals surface area contributed by atoms with Crippen molar-refractivity contribution in [1.29, 1.82) is 0 Å². The highest BCUT2D eigenvalue weighted by atomic mass is 16.7. The van der Waals surface area contributed by atoms with Gasteiger partial charge in [0.05, 0.1) is 13.2 Å². The normalized spacial score (nSPS) is 15.7. The van der Waals surface area contributed by atoms with Crippen LogP contribution in [0.1, 0.15) is 168 Å². The van der Waals surface area contributed by atoms with Crippen LogP contribution in [0.5, 0.6) is 0 Å². The van der Waals surface area contributed by atoms with Gasteiger partial charge < -0.3 is 14.4 Å². The zero-order chi connectivity index (χ0) is 35.0. The molecule has 0 amide bonds. The van der Waals surface area contributed by atoms with E-state index >= 15 is 0 Å². The Morgan fingerprint density at radius 2 is 0.896 bits per heavy atom. The van der Waals surface area contributed by atoms with Gasteiger partial charge in [0.2, 0.25) is 0 Å². The molecule has 5 nitrogen and oxygen atoms in total. The molecule has 1 rings (SSSR count). The second-order valence-corrected chi connectivity index (χ2v) is 14.2. The molecule has 1 aliphatic rings. The van der Waals surface area contributed by atoms with E-state index in [1.54, 1.807) is 0 Å². The maximum Gasteiger partial charge on any atom is 0.290 e. The summed E-state index contributed by atoms with van der Waals surface area (Å²) in [5.41, 5.74) is 0. The van der Waals surface area contributed by atoms with Crippen LogP contribution in [0.2, 0.25) is 0 Å². The van der Waals surface area contributed by atoms with Crippen LogP contribution < -0.4 is 0 Å². The number of hydrogen-bond acceptors (Lipinski definition) is 5. The quantitative estimate of drug-likeness (QED) is 0.0405. The fourth-order valence-electron chi connectivity index (χ4n) is 6.18. The van der Waals surface area contributed by atoms with E-state index in [1.807, 2.05) is 14.1 Å². The standard InChI is InChI=1S/C43H75NO4/c1-5-7-9-11-13-15-17-19-21-23-25-27-29-31-33-35-41(45)43(47-38-40(39-48-43)37-44(3)4)42(46)36-34-32-30-28-26-24-22-20-18-16-14-12-10-8-6-2/h13-16,19-22,40H,5-12,17-18,23-39H2,1-4H3/b15-13-,16-14-,21-19-,22-20-. The molecule has 276 valence electrons. The highest BCUT2D eigenvalue weighted by Gasteiger charge is 2.50. The number of carbonyl (C=O) groups is 2. The third kappa shape index (κ3) is 22.7. The van der Waals surface area contributed by atoms with Crippen LogP contribution in [0.4, 0.5) is 0 Å². The van der Waals surface area contributed by atoms with Crippen LogP contribution in [-0.2, 0) is 19.1 Å². The molecule has 0 N–H and O–H groups in total. The molecule has 0 bridgehead atoms. The van der Waals surface area contributed by atoms with Crippen LogP contribution in [0, 0.1) is 5.92 Å². The van der Waals surface area contributed by atoms with Crippen LogP contribution in [0.15, 0.2) is 48.6 Å². The zero-order valence-electron chi connectivity index (χ0n) is 31.9. The average Bonchev–Trinajstić information content (AvgIpc) is 3.08. The smallest absolute Gasteiger partial charge is 0.290 e. The van der Waals surface area contributed by atoms with E-state index in [0.29, 0.717) is 26.1 Å². The molecular formula is C43H75NO4. The first-order valence-electron chi connectivity index (χ1n) is 20.0. The molecule has 0 radical (unpaired) electrons. The molecule has 1 aliphatic heterocycles. The Kier molecular flexibility index (Phi) is 28.7. The van der Waals surface area contributed by atoms with Crippen molar-refractivity contribution in [3.8, 4) is 0 Å². The molecule has 1 saturated heterocycles. The molecule has 0 atom stereocenters. The summed E-state index contributed by atoms with van der Waals surface area (Å²) in [5, 5.41) is 0. The molecule has 0 aromatic rings. The van der Waals surface area contributed by atoms with Crippen LogP contribution in [0.3, 0.4) is 0 Å². The first-order chi connectivity index (χ1) is 23.5. The molecule has 0 spiro atoms. The second-order valence-electron chi connectivity index (χ2n) is 14.2. The Morgan fingerprint density at radius 3 is 1.27 bits per heavy atom. The summed E-state index contributed by atoms with van der Waals surface area (Å²) in [7, 11) is 4.04. The van der Waals surface area contributed by atoms with Gasteiger partial charge in [-0.25, -0.2) is 0 Å². The van der Waals surface area contributed by atoms with Gasteiger partial charge in [-0.2, -0.15) is 0 Å². The largest absolute Gasteiger partial charge is 0.337 e. The highest BCUT2D eigenvalue weighted by molar-refractivity contribution is 6.08. The lowest BCUT2D eigenvalue weighted by Gasteiger charge is -2.38. The lowest BCUT2D eigenvalue weighted by Crippen LogP contribution is -2.56. The lowest BCUT2D eigenvalue weighted by atomic mass is 9.94. The predicted octanol–water partition coefficient (Wildman–Crippen LogP) is 11.7. The van der Waals surface area contributed by atoms with Gasteiger partial charge in [-0.15, -0.1) is 0 Å². The lowest BCUT2D eigenvalue weighted by molar-refractivity contribution is -0.256. The Morgan fingerprint density at radius 1 is 0.542 bits per heavy atom. The number of carbonyl (C=O) groups excluding carboxylic acids is 2. The van der Waals surface area contributed by atoms with Gasteiger partial charge in [-0.1, -0.05) is 127 Å². The molecule has 5 heteroatoms. The average molecular weight is 670 g/mol. The van der Waals surface area contributed by atoms with E-state index in [-0.39, 0.29) is 17.5 Å². The third-order valence-electron chi connectivity index (χ3n) is 9.11. The van der Waals surface area contributed by atoms with Crippen molar-refractivity contribution < 1.29 is 19.1 Å². The summed E-state index contributed by atoms with van der Waals surface area (Å²) in [6.45, 7) is 6.08. The van der Waals surface area contributed by atoms with Crippen LogP contribution >= 0.6 is 0 Å². The summed E-state index contributed by atoms with van der Waals surface area (Å²) in [5.74, 6) is -1.87. The molecule has 0 aromatic heterocycles. The molecule has 0 aromatic carbocycles. The van der Waals surface area contributed by atoms with Crippen molar-refractivity contribution in [3.63, 3.8) is 0 Å². The monoisotopic (exact) mass is 670 g/mol. The van der Waals surface area contributed by atoms with Crippen molar-refractivity contribution in [1.82, 2.24) is 4.90 Å². The van der Waals surface area contributed by atoms with E-state index in [9.17, 15) is 9.59 Å². The minimum absolute atomic E-state index is 0.167. The number of unbranched alkanes of at least 4 members (excludes halogenated alkanes) is 16. The van der Waals surface area contributed by atoms with E-state index in [4.69, 9.17) is 9.47 Å². The van der Waals surface area contributed by atoms with Gasteiger partial charge in [-0.05, 0) is 91.1 Å². The molecule has 1 heterocycles. The minimum atomic E-state index is -1.69. The second kappa shape index (κ2) is 31.2. The molecule has 0 unspecified atom stereocenters. The van der Waals surface area contributed by atoms with Gasteiger partial charge in [-0.3, -0.25) is 9.59 Å². The number of hydrogen-bond donors (Lipinski definition) is 0. The van der Waals surface area contributed by atoms with Gasteiger partial charge in [0.25, 0.3) is 5.79 Å². The molecule has 0 saturated carbocycles. The predicted molar refractivity (Wildman–Crippen MR) is 205 cm³/mol. The molecule has 1 fully saturated rings. The number of rotatable bonds is 32. The van der Waals surface area contributed by atoms with Crippen molar-refractivity contribution >= 4 is 11.6 Å². The van der Waals surface area contributed by atoms with Crippen molar-refractivity contribution in [2.24, 2.45) is 5.92 Å². The molecule has 0 aliphatic carbocycles. The Balaban J connectivity index is 2.32. The Hall–Kier alpha value is -1.82. The van der Waals surface area contributed by atoms with Crippen molar-refractivity contribution in [2.45, 2.75) is 174 Å². The van der Waals surface area contributed by atoms with E-state index in [1.165, 1.54) is 77.0 Å². The molecule has 48 heavy (non-hydrogen) atoms. The summed E-state index contributed by atoms with van der Waals surface area (Å²) in [4.78, 5) is 29.1. The van der Waals surface area contributed by atoms with Gasteiger partial charge in [0.1, 0.15) is 0 Å². The maximum absolute atomic E-state index is 13.5. The maximum atomic E-state index is 13.5. The number of nitrogens with zero attached hydrogens (tertiary/aromatic N) is 1. The summed E-state index contributed by atoms with van der Waals surface area (Å²) >= 11 is 0. The van der Waals surface area contributed by atoms with Crippen LogP contribution in [0.25, 0.3) is 0 Å². The van der Waals surface area contributed by atoms with Crippen LogP contribution in [-0.4, -0.2) is 56.1 Å². The third-order valence-corrected chi connectivity index (χ3v) is 9.11. The number of ether oxygens (including phenoxy) is 2. The Bertz CT molecular complexity index is 834. The van der Waals surface area contributed by atoms with E-state index in [2.05, 4.69) is 67.4 Å². The summed E-state index contributed by atoms with van der Waals surface area (Å²) in [6, 6.07) is 0. The van der Waals surface area contributed by atoms with Crippen molar-refractivity contribution in [3.05, 3.63) is 48.6 Å². The number of ketones is 2. The van der Waals surface area contributed by atoms with E-state index in [0.717, 1.165) is 70.8 Å². The zero-order valence-corrected chi connectivity index (χ0v) is 31.9. The first-order valence-corrected chi connectivity index (χ1v) is 20.0. The summed E-state index contributed by atoms with van der Waals surface area (Å²) < 4.78 is 12.2. The Labute approximate surface area is 297 Å². The first kappa shape index (κ1) is 44.2. The summed E-state index contributed by atoms with van der Waals surface area (Å²) in [6.07, 6.45) is 44.0.